The summed E-state index contributed by atoms with van der Waals surface area (Å²) in [5.41, 5.74) is 0.879. The lowest BCUT2D eigenvalue weighted by Gasteiger charge is -2.34. The van der Waals surface area contributed by atoms with Gasteiger partial charge in [-0.25, -0.2) is 8.42 Å². The number of carbonyl (C=O) groups is 2. The van der Waals surface area contributed by atoms with E-state index in [0.717, 1.165) is 41.3 Å². The number of anilines is 1. The van der Waals surface area contributed by atoms with Crippen LogP contribution < -0.4 is 14.4 Å². The number of halogens is 2. The molecule has 46 heavy (non-hydrogen) atoms. The van der Waals surface area contributed by atoms with E-state index in [2.05, 4.69) is 5.32 Å². The molecular formula is C34H41Cl2N3O5S2. The highest BCUT2D eigenvalue weighted by Crippen LogP contribution is 2.34. The third-order valence-corrected chi connectivity index (χ3v) is 11.3. The van der Waals surface area contributed by atoms with Gasteiger partial charge in [0, 0.05) is 17.5 Å². The van der Waals surface area contributed by atoms with Gasteiger partial charge < -0.3 is 15.0 Å². The van der Waals surface area contributed by atoms with Crippen LogP contribution in [0.15, 0.2) is 76.5 Å². The Morgan fingerprint density at radius 1 is 0.978 bits per heavy atom. The fourth-order valence-electron chi connectivity index (χ4n) is 5.63. The number of hydrogen-bond acceptors (Lipinski definition) is 6. The van der Waals surface area contributed by atoms with Crippen LogP contribution in [0.25, 0.3) is 0 Å². The Kier molecular flexibility index (Phi) is 13.1. The molecule has 0 radical (unpaired) electrons. The van der Waals surface area contributed by atoms with Gasteiger partial charge in [0.15, 0.2) is 0 Å². The minimum Gasteiger partial charge on any atom is -0.492 e. The van der Waals surface area contributed by atoms with Crippen LogP contribution in [0.4, 0.5) is 5.69 Å². The van der Waals surface area contributed by atoms with Crippen molar-refractivity contribution in [2.45, 2.75) is 80.8 Å². The summed E-state index contributed by atoms with van der Waals surface area (Å²) in [4.78, 5) is 30.6. The molecule has 0 unspecified atom stereocenters. The average molecular weight is 707 g/mol. The minimum absolute atomic E-state index is 0.0235. The van der Waals surface area contributed by atoms with Crippen LogP contribution >= 0.6 is 35.0 Å². The number of nitrogens with one attached hydrogen (secondary N) is 1. The maximum Gasteiger partial charge on any atom is 0.264 e. The van der Waals surface area contributed by atoms with Crippen molar-refractivity contribution in [2.24, 2.45) is 0 Å². The second-order valence-corrected chi connectivity index (χ2v) is 14.7. The lowest BCUT2D eigenvalue weighted by atomic mass is 9.95. The lowest BCUT2D eigenvalue weighted by molar-refractivity contribution is -0.140. The highest BCUT2D eigenvalue weighted by atomic mass is 35.5. The van der Waals surface area contributed by atoms with Gasteiger partial charge in [-0.15, -0.1) is 11.8 Å². The van der Waals surface area contributed by atoms with E-state index < -0.39 is 28.5 Å². The standard InChI is InChI=1S/C34H41Cl2N3O5S2/c1-4-30(34(41)37-25-11-7-6-8-12-25)38(22-24-15-20-28(35)29(36)21-24)33(40)23-39(31-13-9-10-14-32(31)44-5-2)46(42,43)27-18-16-26(45-3)17-19-27/h9-10,13-21,25,30H,4-8,11-12,22-23H2,1-3H3,(H,37,41)/t30-/m1/s1. The summed E-state index contributed by atoms with van der Waals surface area (Å²) in [6.45, 7) is 3.40. The van der Waals surface area contributed by atoms with E-state index in [-0.39, 0.29) is 29.1 Å². The number of rotatable bonds is 14. The maximum absolute atomic E-state index is 14.5. The Morgan fingerprint density at radius 2 is 1.67 bits per heavy atom. The van der Waals surface area contributed by atoms with E-state index in [1.807, 2.05) is 13.2 Å². The van der Waals surface area contributed by atoms with Crippen molar-refractivity contribution in [2.75, 3.05) is 23.7 Å². The number of nitrogens with zero attached hydrogens (tertiary/aromatic N) is 2. The molecule has 1 atom stereocenters. The van der Waals surface area contributed by atoms with Gasteiger partial charge >= 0.3 is 0 Å². The molecule has 248 valence electrons. The van der Waals surface area contributed by atoms with E-state index in [1.165, 1.54) is 28.8 Å². The Morgan fingerprint density at radius 3 is 2.30 bits per heavy atom. The van der Waals surface area contributed by atoms with Crippen LogP contribution in [0.1, 0.15) is 57.9 Å². The first-order chi connectivity index (χ1) is 22.1. The lowest BCUT2D eigenvalue weighted by Crippen LogP contribution is -2.54. The van der Waals surface area contributed by atoms with Crippen molar-refractivity contribution in [1.82, 2.24) is 10.2 Å². The molecule has 0 bridgehead atoms. The highest BCUT2D eigenvalue weighted by Gasteiger charge is 2.35. The average Bonchev–Trinajstić information content (AvgIpc) is 3.06. The Bertz CT molecular complexity index is 1600. The maximum atomic E-state index is 14.5. The number of amides is 2. The molecule has 4 rings (SSSR count). The van der Waals surface area contributed by atoms with Gasteiger partial charge in [-0.1, -0.05) is 67.6 Å². The smallest absolute Gasteiger partial charge is 0.264 e. The predicted octanol–water partition coefficient (Wildman–Crippen LogP) is 7.57. The molecule has 1 N–H and O–H groups in total. The number of carbonyl (C=O) groups excluding carboxylic acids is 2. The molecule has 1 aliphatic rings. The summed E-state index contributed by atoms with van der Waals surface area (Å²) in [5.74, 6) is -0.493. The minimum atomic E-state index is -4.25. The van der Waals surface area contributed by atoms with Crippen LogP contribution in [-0.4, -0.2) is 56.6 Å². The molecule has 3 aromatic rings. The van der Waals surface area contributed by atoms with E-state index in [4.69, 9.17) is 27.9 Å². The van der Waals surface area contributed by atoms with Gasteiger partial charge in [-0.3, -0.25) is 13.9 Å². The summed E-state index contributed by atoms with van der Waals surface area (Å²) in [6, 6.07) is 17.5. The number of thioether (sulfide) groups is 1. The van der Waals surface area contributed by atoms with E-state index >= 15 is 0 Å². The topological polar surface area (TPSA) is 96.0 Å². The molecule has 3 aromatic carbocycles. The number of sulfonamides is 1. The first-order valence-electron chi connectivity index (χ1n) is 15.5. The SMILES string of the molecule is CCOc1ccccc1N(CC(=O)N(Cc1ccc(Cl)c(Cl)c1)[C@H](CC)C(=O)NC1CCCCC1)S(=O)(=O)c1ccc(SC)cc1. The largest absolute Gasteiger partial charge is 0.492 e. The number of benzene rings is 3. The molecule has 2 amide bonds. The van der Waals surface area contributed by atoms with Crippen LogP contribution in [0.5, 0.6) is 5.75 Å². The molecular weight excluding hydrogens is 665 g/mol. The Labute approximate surface area is 286 Å². The summed E-state index contributed by atoms with van der Waals surface area (Å²) < 4.78 is 35.5. The van der Waals surface area contributed by atoms with Crippen LogP contribution in [0.2, 0.25) is 10.0 Å². The van der Waals surface area contributed by atoms with Gasteiger partial charge in [0.1, 0.15) is 18.3 Å². The molecule has 0 aliphatic heterocycles. The Hall–Kier alpha value is -2.92. The summed E-state index contributed by atoms with van der Waals surface area (Å²) in [7, 11) is -4.25. The Balaban J connectivity index is 1.76. The fourth-order valence-corrected chi connectivity index (χ4v) is 7.78. The molecule has 0 spiro atoms. The third-order valence-electron chi connectivity index (χ3n) is 8.03. The van der Waals surface area contributed by atoms with E-state index in [0.29, 0.717) is 34.4 Å². The number of hydrogen-bond donors (Lipinski definition) is 1. The quantitative estimate of drug-likeness (QED) is 0.174. The second kappa shape index (κ2) is 16.8. The van der Waals surface area contributed by atoms with Gasteiger partial charge in [-0.2, -0.15) is 0 Å². The zero-order valence-electron chi connectivity index (χ0n) is 26.4. The van der Waals surface area contributed by atoms with Gasteiger partial charge in [-0.05, 0) is 86.5 Å². The van der Waals surface area contributed by atoms with Crippen LogP contribution in [-0.2, 0) is 26.2 Å². The zero-order valence-corrected chi connectivity index (χ0v) is 29.5. The molecule has 1 aliphatic carbocycles. The molecule has 0 saturated heterocycles. The summed E-state index contributed by atoms with van der Waals surface area (Å²) >= 11 is 14.0. The van der Waals surface area contributed by atoms with E-state index in [9.17, 15) is 18.0 Å². The van der Waals surface area contributed by atoms with Crippen molar-refractivity contribution in [3.8, 4) is 5.75 Å². The molecule has 0 aromatic heterocycles. The molecule has 0 heterocycles. The monoisotopic (exact) mass is 705 g/mol. The number of para-hydroxylation sites is 2. The number of ether oxygens (including phenoxy) is 1. The molecule has 12 heteroatoms. The first kappa shape index (κ1) is 35.9. The van der Waals surface area contributed by atoms with E-state index in [1.54, 1.807) is 61.5 Å². The summed E-state index contributed by atoms with van der Waals surface area (Å²) in [5, 5.41) is 3.83. The predicted molar refractivity (Wildman–Crippen MR) is 186 cm³/mol. The molecule has 8 nitrogen and oxygen atoms in total. The van der Waals surface area contributed by atoms with Gasteiger partial charge in [0.2, 0.25) is 11.8 Å². The second-order valence-electron chi connectivity index (χ2n) is 11.1. The fraction of sp³-hybridized carbons (Fsp3) is 0.412. The van der Waals surface area contributed by atoms with Crippen molar-refractivity contribution >= 4 is 62.5 Å². The van der Waals surface area contributed by atoms with Crippen molar-refractivity contribution < 1.29 is 22.7 Å². The molecule has 1 fully saturated rings. The van der Waals surface area contributed by atoms with Crippen LogP contribution in [0, 0.1) is 0 Å². The normalized spacial score (nSPS) is 14.4. The molecule has 1 saturated carbocycles. The van der Waals surface area contributed by atoms with Gasteiger partial charge in [0.05, 0.1) is 27.2 Å². The third kappa shape index (κ3) is 8.91. The van der Waals surface area contributed by atoms with Crippen LogP contribution in [0.3, 0.4) is 0 Å². The van der Waals surface area contributed by atoms with Gasteiger partial charge in [0.25, 0.3) is 10.0 Å². The zero-order chi connectivity index (χ0) is 33.3. The highest BCUT2D eigenvalue weighted by molar-refractivity contribution is 7.98. The van der Waals surface area contributed by atoms with Crippen molar-refractivity contribution in [3.63, 3.8) is 0 Å². The van der Waals surface area contributed by atoms with Crippen molar-refractivity contribution in [3.05, 3.63) is 82.3 Å². The summed E-state index contributed by atoms with van der Waals surface area (Å²) in [6.07, 6.45) is 7.22. The first-order valence-corrected chi connectivity index (χ1v) is 18.9. The van der Waals surface area contributed by atoms with Crippen molar-refractivity contribution in [1.29, 1.82) is 0 Å².